The summed E-state index contributed by atoms with van der Waals surface area (Å²) in [6, 6.07) is 20.8. The zero-order chi connectivity index (χ0) is 28.3. The minimum absolute atomic E-state index is 0.0882. The van der Waals surface area contributed by atoms with Crippen LogP contribution in [0.1, 0.15) is 23.0 Å². The first-order chi connectivity index (χ1) is 20.0. The lowest BCUT2D eigenvalue weighted by Gasteiger charge is -2.15. The van der Waals surface area contributed by atoms with Crippen molar-refractivity contribution in [2.75, 3.05) is 25.1 Å². The normalized spacial score (nSPS) is 12.5. The van der Waals surface area contributed by atoms with Crippen molar-refractivity contribution in [2.24, 2.45) is 0 Å². The first-order valence-electron chi connectivity index (χ1n) is 13.2. The lowest BCUT2D eigenvalue weighted by Crippen LogP contribution is -2.31. The molecule has 3 heterocycles. The molecule has 206 valence electrons. The summed E-state index contributed by atoms with van der Waals surface area (Å²) in [4.78, 5) is 37.6. The van der Waals surface area contributed by atoms with E-state index in [0.29, 0.717) is 51.8 Å². The molecule has 0 saturated heterocycles. The van der Waals surface area contributed by atoms with Gasteiger partial charge in [-0.15, -0.1) is 0 Å². The molecule has 1 aliphatic rings. The molecule has 5 aromatic rings. The molecule has 0 atom stereocenters. The number of benzene rings is 3. The summed E-state index contributed by atoms with van der Waals surface area (Å²) < 4.78 is 12.4. The first kappa shape index (κ1) is 26.5. The van der Waals surface area contributed by atoms with E-state index in [-0.39, 0.29) is 18.4 Å². The second-order valence-corrected chi connectivity index (χ2v) is 10.3. The van der Waals surface area contributed by atoms with Crippen LogP contribution in [-0.2, 0) is 11.2 Å². The number of aromatic amines is 1. The highest BCUT2D eigenvalue weighted by atomic mass is 79.9. The lowest BCUT2D eigenvalue weighted by molar-refractivity contribution is -0.118. The van der Waals surface area contributed by atoms with Crippen LogP contribution in [-0.4, -0.2) is 46.5 Å². The van der Waals surface area contributed by atoms with E-state index in [1.807, 2.05) is 61.5 Å². The van der Waals surface area contributed by atoms with E-state index in [2.05, 4.69) is 36.5 Å². The van der Waals surface area contributed by atoms with Gasteiger partial charge in [0, 0.05) is 41.5 Å². The zero-order valence-electron chi connectivity index (χ0n) is 22.2. The van der Waals surface area contributed by atoms with E-state index in [0.717, 1.165) is 34.3 Å². The molecule has 3 N–H and O–H groups in total. The molecule has 0 saturated carbocycles. The molecule has 9 nitrogen and oxygen atoms in total. The summed E-state index contributed by atoms with van der Waals surface area (Å²) in [5.74, 6) is 0.952. The number of nitrogens with one attached hydrogen (secondary N) is 3. The van der Waals surface area contributed by atoms with Crippen LogP contribution < -0.4 is 20.1 Å². The Morgan fingerprint density at radius 2 is 1.93 bits per heavy atom. The number of aromatic nitrogens is 3. The van der Waals surface area contributed by atoms with Crippen LogP contribution in [0.15, 0.2) is 77.4 Å². The van der Waals surface area contributed by atoms with Gasteiger partial charge < -0.3 is 25.1 Å². The molecule has 0 spiro atoms. The summed E-state index contributed by atoms with van der Waals surface area (Å²) in [6.07, 6.45) is 2.42. The van der Waals surface area contributed by atoms with Crippen LogP contribution in [0.2, 0.25) is 0 Å². The molecule has 2 amide bonds. The monoisotopic (exact) mass is 611 g/mol. The average molecular weight is 612 g/mol. The highest BCUT2D eigenvalue weighted by Crippen LogP contribution is 2.39. The van der Waals surface area contributed by atoms with E-state index >= 15 is 0 Å². The number of amides is 2. The number of rotatable bonds is 8. The SMILES string of the molecule is CCOc1cc(-c2nccc(-c3cc4c([nH]3)CCNC4=O)n2)cc(Br)c1OCC(=O)Nc1cccc2ccccc12. The Morgan fingerprint density at radius 3 is 2.78 bits per heavy atom. The molecular weight excluding hydrogens is 586 g/mol. The minimum atomic E-state index is -0.293. The van der Waals surface area contributed by atoms with Gasteiger partial charge in [0.25, 0.3) is 11.8 Å². The number of carbonyl (C=O) groups is 2. The van der Waals surface area contributed by atoms with Crippen LogP contribution in [0.4, 0.5) is 5.69 Å². The van der Waals surface area contributed by atoms with Crippen molar-refractivity contribution in [3.05, 3.63) is 88.7 Å². The fourth-order valence-electron chi connectivity index (χ4n) is 4.84. The Labute approximate surface area is 244 Å². The molecule has 41 heavy (non-hydrogen) atoms. The van der Waals surface area contributed by atoms with Crippen LogP contribution in [0.25, 0.3) is 33.5 Å². The van der Waals surface area contributed by atoms with E-state index in [1.54, 1.807) is 18.3 Å². The Balaban J connectivity index is 1.23. The number of fused-ring (bicyclic) bond motifs is 2. The van der Waals surface area contributed by atoms with Crippen molar-refractivity contribution in [2.45, 2.75) is 13.3 Å². The number of anilines is 1. The van der Waals surface area contributed by atoms with Crippen molar-refractivity contribution in [1.29, 1.82) is 0 Å². The Bertz CT molecular complexity index is 1780. The van der Waals surface area contributed by atoms with Crippen molar-refractivity contribution < 1.29 is 19.1 Å². The van der Waals surface area contributed by atoms with E-state index in [9.17, 15) is 9.59 Å². The smallest absolute Gasteiger partial charge is 0.262 e. The van der Waals surface area contributed by atoms with Crippen LogP contribution in [0.5, 0.6) is 11.5 Å². The second-order valence-electron chi connectivity index (χ2n) is 9.43. The number of H-pyrrole nitrogens is 1. The summed E-state index contributed by atoms with van der Waals surface area (Å²) in [5.41, 5.74) is 4.37. The molecule has 0 fully saturated rings. The van der Waals surface area contributed by atoms with Crippen molar-refractivity contribution >= 4 is 44.2 Å². The maximum absolute atomic E-state index is 12.8. The van der Waals surface area contributed by atoms with Gasteiger partial charge in [0.1, 0.15) is 0 Å². The van der Waals surface area contributed by atoms with Gasteiger partial charge in [-0.2, -0.15) is 0 Å². The fourth-order valence-corrected chi connectivity index (χ4v) is 5.39. The molecule has 0 bridgehead atoms. The maximum atomic E-state index is 12.8. The van der Waals surface area contributed by atoms with Crippen LogP contribution in [0, 0.1) is 0 Å². The van der Waals surface area contributed by atoms with Gasteiger partial charge in [-0.1, -0.05) is 36.4 Å². The van der Waals surface area contributed by atoms with Gasteiger partial charge in [0.2, 0.25) is 0 Å². The highest BCUT2D eigenvalue weighted by molar-refractivity contribution is 9.10. The standard InChI is InChI=1S/C31H26BrN5O4/c1-2-40-27-15-19(30-33-12-11-25(37-30)26-16-21-24(35-26)10-13-34-31(21)39)14-22(32)29(27)41-17-28(38)36-23-9-5-7-18-6-3-4-8-20(18)23/h3-9,11-12,14-16,35H,2,10,13,17H2,1H3,(H,34,39)(H,36,38). The average Bonchev–Trinajstić information content (AvgIpc) is 3.43. The van der Waals surface area contributed by atoms with Crippen molar-refractivity contribution in [3.63, 3.8) is 0 Å². The number of hydrogen-bond donors (Lipinski definition) is 3. The first-order valence-corrected chi connectivity index (χ1v) is 14.0. The number of halogens is 1. The Hall–Kier alpha value is -4.70. The van der Waals surface area contributed by atoms with Crippen LogP contribution in [0.3, 0.4) is 0 Å². The third-order valence-corrected chi connectivity index (χ3v) is 7.30. The molecule has 0 unspecified atom stereocenters. The predicted octanol–water partition coefficient (Wildman–Crippen LogP) is 5.76. The summed E-state index contributed by atoms with van der Waals surface area (Å²) in [7, 11) is 0. The van der Waals surface area contributed by atoms with Gasteiger partial charge in [-0.05, 0) is 58.6 Å². The van der Waals surface area contributed by atoms with Crippen molar-refractivity contribution in [1.82, 2.24) is 20.3 Å². The molecule has 3 aromatic carbocycles. The lowest BCUT2D eigenvalue weighted by atomic mass is 10.1. The zero-order valence-corrected chi connectivity index (χ0v) is 23.7. The third-order valence-electron chi connectivity index (χ3n) is 6.71. The second kappa shape index (κ2) is 11.4. The Kier molecular flexibility index (Phi) is 7.39. The number of ether oxygens (including phenoxy) is 2. The number of nitrogens with zero attached hydrogens (tertiary/aromatic N) is 2. The molecule has 2 aromatic heterocycles. The summed E-state index contributed by atoms with van der Waals surface area (Å²) in [5, 5.41) is 7.79. The minimum Gasteiger partial charge on any atom is -0.490 e. The van der Waals surface area contributed by atoms with Crippen molar-refractivity contribution in [3.8, 4) is 34.3 Å². The predicted molar refractivity (Wildman–Crippen MR) is 160 cm³/mol. The third kappa shape index (κ3) is 5.51. The fraction of sp³-hybridized carbons (Fsp3) is 0.161. The van der Waals surface area contributed by atoms with Gasteiger partial charge in [0.05, 0.1) is 28.0 Å². The summed E-state index contributed by atoms with van der Waals surface area (Å²) in [6.45, 7) is 2.66. The number of hydrogen-bond acceptors (Lipinski definition) is 6. The Morgan fingerprint density at radius 1 is 1.07 bits per heavy atom. The molecule has 6 rings (SSSR count). The van der Waals surface area contributed by atoms with Gasteiger partial charge >= 0.3 is 0 Å². The molecule has 0 radical (unpaired) electrons. The van der Waals surface area contributed by atoms with Gasteiger partial charge in [0.15, 0.2) is 23.9 Å². The quantitative estimate of drug-likeness (QED) is 0.205. The van der Waals surface area contributed by atoms with Gasteiger partial charge in [-0.3, -0.25) is 9.59 Å². The molecular formula is C31H26BrN5O4. The van der Waals surface area contributed by atoms with Crippen LogP contribution >= 0.6 is 15.9 Å². The van der Waals surface area contributed by atoms with E-state index in [1.165, 1.54) is 0 Å². The number of carbonyl (C=O) groups excluding carboxylic acids is 2. The largest absolute Gasteiger partial charge is 0.490 e. The van der Waals surface area contributed by atoms with Gasteiger partial charge in [-0.25, -0.2) is 9.97 Å². The summed E-state index contributed by atoms with van der Waals surface area (Å²) >= 11 is 3.58. The van der Waals surface area contributed by atoms with E-state index in [4.69, 9.17) is 14.5 Å². The maximum Gasteiger partial charge on any atom is 0.262 e. The molecule has 10 heteroatoms. The molecule has 0 aliphatic carbocycles. The topological polar surface area (TPSA) is 118 Å². The highest BCUT2D eigenvalue weighted by Gasteiger charge is 2.21. The van der Waals surface area contributed by atoms with E-state index < -0.39 is 0 Å². The molecule has 1 aliphatic heterocycles.